The second-order valence-electron chi connectivity index (χ2n) is 7.06. The minimum atomic E-state index is -0.281. The maximum absolute atomic E-state index is 13.5. The average Bonchev–Trinajstić information content (AvgIpc) is 3.11. The van der Waals surface area contributed by atoms with Crippen LogP contribution >= 0.6 is 11.3 Å². The Kier molecular flexibility index (Phi) is 6.82. The number of hydrogen-bond donors (Lipinski definition) is 0. The average molecular weight is 415 g/mol. The third-order valence-corrected chi connectivity index (χ3v) is 5.84. The molecule has 0 spiro atoms. The first-order valence-electron chi connectivity index (χ1n) is 9.60. The van der Waals surface area contributed by atoms with Gasteiger partial charge >= 0.3 is 5.97 Å². The molecule has 0 aliphatic rings. The molecule has 0 fully saturated rings. The third-order valence-electron chi connectivity index (χ3n) is 4.96. The molecule has 29 heavy (non-hydrogen) atoms. The lowest BCUT2D eigenvalue weighted by atomic mass is 9.99. The summed E-state index contributed by atoms with van der Waals surface area (Å²) in [4.78, 5) is 30.4. The Morgan fingerprint density at radius 1 is 1.21 bits per heavy atom. The fraction of sp³-hybridized carbons (Fsp3) is 0.409. The van der Waals surface area contributed by atoms with Gasteiger partial charge in [0, 0.05) is 37.4 Å². The van der Waals surface area contributed by atoms with E-state index in [0.717, 1.165) is 21.5 Å². The number of methoxy groups -OCH3 is 2. The number of ether oxygens (including phenoxy) is 2. The van der Waals surface area contributed by atoms with E-state index in [-0.39, 0.29) is 17.9 Å². The van der Waals surface area contributed by atoms with Crippen molar-refractivity contribution >= 4 is 27.5 Å². The van der Waals surface area contributed by atoms with Gasteiger partial charge in [0.15, 0.2) is 0 Å². The van der Waals surface area contributed by atoms with Crippen LogP contribution in [0.3, 0.4) is 0 Å². The number of esters is 1. The predicted molar refractivity (Wildman–Crippen MR) is 116 cm³/mol. The van der Waals surface area contributed by atoms with E-state index in [4.69, 9.17) is 14.5 Å². The fourth-order valence-electron chi connectivity index (χ4n) is 3.48. The van der Waals surface area contributed by atoms with Crippen LogP contribution in [-0.2, 0) is 27.2 Å². The van der Waals surface area contributed by atoms with E-state index < -0.39 is 0 Å². The van der Waals surface area contributed by atoms with E-state index in [2.05, 4.69) is 32.0 Å². The number of hydrogen-bond acceptors (Lipinski definition) is 6. The minimum absolute atomic E-state index is 0.0674. The summed E-state index contributed by atoms with van der Waals surface area (Å²) in [5.41, 5.74) is 4.21. The molecule has 0 radical (unpaired) electrons. The Labute approximate surface area is 174 Å². The van der Waals surface area contributed by atoms with Gasteiger partial charge in [-0.3, -0.25) is 14.2 Å². The zero-order valence-electron chi connectivity index (χ0n) is 17.3. The number of thiophene rings is 1. The van der Waals surface area contributed by atoms with Crippen LogP contribution in [-0.4, -0.2) is 36.3 Å². The van der Waals surface area contributed by atoms with E-state index >= 15 is 0 Å². The molecule has 0 unspecified atom stereocenters. The number of carbonyl (C=O) groups is 1. The summed E-state index contributed by atoms with van der Waals surface area (Å²) >= 11 is 1.49. The Bertz CT molecular complexity index is 1080. The maximum Gasteiger partial charge on any atom is 0.305 e. The molecule has 0 atom stereocenters. The van der Waals surface area contributed by atoms with Crippen LogP contribution < -0.4 is 5.56 Å². The number of benzene rings is 1. The quantitative estimate of drug-likeness (QED) is 0.523. The van der Waals surface area contributed by atoms with Crippen molar-refractivity contribution < 1.29 is 14.3 Å². The van der Waals surface area contributed by atoms with E-state index in [0.29, 0.717) is 37.2 Å². The minimum Gasteiger partial charge on any atom is -0.469 e. The fourth-order valence-corrected chi connectivity index (χ4v) is 4.43. The molecule has 2 aromatic heterocycles. The van der Waals surface area contributed by atoms with Gasteiger partial charge in [-0.25, -0.2) is 4.98 Å². The number of aryl methyl sites for hydroxylation is 2. The van der Waals surface area contributed by atoms with Crippen molar-refractivity contribution in [1.82, 2.24) is 9.55 Å². The van der Waals surface area contributed by atoms with Crippen molar-refractivity contribution in [3.63, 3.8) is 0 Å². The van der Waals surface area contributed by atoms with Gasteiger partial charge in [0.05, 0.1) is 19.1 Å². The molecule has 0 aliphatic heterocycles. The number of carbonyl (C=O) groups excluding carboxylic acids is 1. The predicted octanol–water partition coefficient (Wildman–Crippen LogP) is 3.88. The molecule has 0 bridgehead atoms. The molecular formula is C22H26N2O4S. The summed E-state index contributed by atoms with van der Waals surface area (Å²) in [6, 6.07) is 6.24. The van der Waals surface area contributed by atoms with Crippen LogP contribution in [0.1, 0.15) is 29.8 Å². The molecule has 7 heteroatoms. The Morgan fingerprint density at radius 3 is 2.69 bits per heavy atom. The lowest BCUT2D eigenvalue weighted by molar-refractivity contribution is -0.140. The van der Waals surface area contributed by atoms with Crippen LogP contribution in [0, 0.1) is 13.8 Å². The second kappa shape index (κ2) is 9.33. The van der Waals surface area contributed by atoms with Gasteiger partial charge in [-0.1, -0.05) is 23.8 Å². The van der Waals surface area contributed by atoms with Gasteiger partial charge in [-0.05, 0) is 31.4 Å². The molecule has 0 N–H and O–H groups in total. The zero-order valence-corrected chi connectivity index (χ0v) is 18.1. The maximum atomic E-state index is 13.5. The lowest BCUT2D eigenvalue weighted by Gasteiger charge is -2.13. The van der Waals surface area contributed by atoms with Gasteiger partial charge in [-0.2, -0.15) is 0 Å². The molecule has 0 saturated heterocycles. The lowest BCUT2D eigenvalue weighted by Crippen LogP contribution is -2.26. The van der Waals surface area contributed by atoms with E-state index in [1.54, 1.807) is 11.7 Å². The smallest absolute Gasteiger partial charge is 0.305 e. The normalized spacial score (nSPS) is 11.2. The molecule has 6 nitrogen and oxygen atoms in total. The van der Waals surface area contributed by atoms with Crippen LogP contribution in [0.5, 0.6) is 0 Å². The molecule has 3 aromatic rings. The summed E-state index contributed by atoms with van der Waals surface area (Å²) in [6.45, 7) is 5.00. The highest BCUT2D eigenvalue weighted by Gasteiger charge is 2.18. The van der Waals surface area contributed by atoms with E-state index in [9.17, 15) is 9.59 Å². The van der Waals surface area contributed by atoms with Crippen LogP contribution in [0.2, 0.25) is 0 Å². The molecule has 2 heterocycles. The van der Waals surface area contributed by atoms with Crippen molar-refractivity contribution in [2.75, 3.05) is 20.8 Å². The molecule has 0 saturated carbocycles. The largest absolute Gasteiger partial charge is 0.469 e. The van der Waals surface area contributed by atoms with Crippen LogP contribution in [0.15, 0.2) is 28.4 Å². The highest BCUT2D eigenvalue weighted by molar-refractivity contribution is 7.17. The van der Waals surface area contributed by atoms with Crippen LogP contribution in [0.25, 0.3) is 21.3 Å². The van der Waals surface area contributed by atoms with Crippen molar-refractivity contribution in [2.45, 2.75) is 39.7 Å². The molecule has 154 valence electrons. The van der Waals surface area contributed by atoms with Crippen molar-refractivity contribution in [2.24, 2.45) is 0 Å². The summed E-state index contributed by atoms with van der Waals surface area (Å²) in [5.74, 6) is 0.403. The van der Waals surface area contributed by atoms with Crippen LogP contribution in [0.4, 0.5) is 0 Å². The monoisotopic (exact) mass is 414 g/mol. The molecular weight excluding hydrogens is 388 g/mol. The summed E-state index contributed by atoms with van der Waals surface area (Å²) in [7, 11) is 3.00. The first-order valence-corrected chi connectivity index (χ1v) is 10.5. The summed E-state index contributed by atoms with van der Waals surface area (Å²) in [5, 5.41) is 2.65. The standard InChI is InChI=1S/C22H26N2O4S/c1-14-7-8-16(15(2)12-14)17-13-29-21-20(17)22(26)24(10-5-6-19(25)28-4)18(23-21)9-11-27-3/h7-8,12-13H,5-6,9-11H2,1-4H3. The Balaban J connectivity index is 2.09. The highest BCUT2D eigenvalue weighted by Crippen LogP contribution is 2.33. The van der Waals surface area contributed by atoms with Crippen molar-refractivity contribution in [3.8, 4) is 11.1 Å². The van der Waals surface area contributed by atoms with Gasteiger partial charge in [-0.15, -0.1) is 11.3 Å². The SMILES string of the molecule is COCCc1nc2scc(-c3ccc(C)cc3C)c2c(=O)n1CCCC(=O)OC. The van der Waals surface area contributed by atoms with E-state index in [1.807, 2.05) is 5.38 Å². The summed E-state index contributed by atoms with van der Waals surface area (Å²) < 4.78 is 11.6. The number of aromatic nitrogens is 2. The number of rotatable bonds is 8. The van der Waals surface area contributed by atoms with E-state index in [1.165, 1.54) is 24.0 Å². The van der Waals surface area contributed by atoms with Crippen molar-refractivity contribution in [3.05, 3.63) is 50.9 Å². The topological polar surface area (TPSA) is 70.4 Å². The van der Waals surface area contributed by atoms with Gasteiger partial charge in [0.2, 0.25) is 0 Å². The van der Waals surface area contributed by atoms with Gasteiger partial charge < -0.3 is 9.47 Å². The molecule has 0 aliphatic carbocycles. The summed E-state index contributed by atoms with van der Waals surface area (Å²) in [6.07, 6.45) is 1.32. The first kappa shape index (κ1) is 21.2. The Hall–Kier alpha value is -2.51. The first-order chi connectivity index (χ1) is 14.0. The van der Waals surface area contributed by atoms with Gasteiger partial charge in [0.1, 0.15) is 10.7 Å². The van der Waals surface area contributed by atoms with Crippen molar-refractivity contribution in [1.29, 1.82) is 0 Å². The Morgan fingerprint density at radius 2 is 2.00 bits per heavy atom. The highest BCUT2D eigenvalue weighted by atomic mass is 32.1. The van der Waals surface area contributed by atoms with Gasteiger partial charge in [0.25, 0.3) is 5.56 Å². The third kappa shape index (κ3) is 4.57. The number of fused-ring (bicyclic) bond motifs is 1. The molecule has 3 rings (SSSR count). The number of nitrogens with zero attached hydrogens (tertiary/aromatic N) is 2. The zero-order chi connectivity index (χ0) is 21.0. The molecule has 0 amide bonds. The second-order valence-corrected chi connectivity index (χ2v) is 7.91. The molecule has 1 aromatic carbocycles.